The van der Waals surface area contributed by atoms with Gasteiger partial charge in [-0.15, -0.1) is 11.3 Å². The average molecular weight is 383 g/mol. The highest BCUT2D eigenvalue weighted by Gasteiger charge is 2.11. The van der Waals surface area contributed by atoms with Crippen molar-refractivity contribution in [1.29, 1.82) is 0 Å². The number of hydrogen-bond acceptors (Lipinski definition) is 4. The molecular formula is C18H23F2N3O2S. The first kappa shape index (κ1) is 20.0. The topological polar surface area (TPSA) is 54.9 Å². The number of nitrogens with zero attached hydrogens (tertiary/aromatic N) is 1. The lowest BCUT2D eigenvalue weighted by Gasteiger charge is -2.13. The Hall–Kier alpha value is -2.35. The van der Waals surface area contributed by atoms with Crippen LogP contribution in [0.15, 0.2) is 35.3 Å². The largest absolute Gasteiger partial charge is 0.497 e. The van der Waals surface area contributed by atoms with E-state index in [1.165, 1.54) is 22.9 Å². The number of alkyl halides is 2. The molecule has 0 atom stereocenters. The highest BCUT2D eigenvalue weighted by Crippen LogP contribution is 2.26. The summed E-state index contributed by atoms with van der Waals surface area (Å²) >= 11 is 1.71. The van der Waals surface area contributed by atoms with Crippen LogP contribution in [-0.2, 0) is 13.1 Å². The molecule has 2 N–H and O–H groups in total. The molecule has 0 saturated heterocycles. The second-order valence-corrected chi connectivity index (χ2v) is 6.79. The molecule has 26 heavy (non-hydrogen) atoms. The standard InChI is InChI=1S/C18H23F2N3O2S/c1-4-21-18(23-11-15-7-5-12(2)26-15)22-10-13-9-14(24-3)6-8-16(13)25-17(19)20/h5-9,17H,4,10-11H2,1-3H3,(H2,21,22,23). The first-order valence-electron chi connectivity index (χ1n) is 8.21. The second kappa shape index (κ2) is 9.96. The van der Waals surface area contributed by atoms with Gasteiger partial charge in [0.25, 0.3) is 0 Å². The fourth-order valence-electron chi connectivity index (χ4n) is 2.27. The van der Waals surface area contributed by atoms with Gasteiger partial charge in [0, 0.05) is 21.9 Å². The number of guanidine groups is 1. The molecule has 0 saturated carbocycles. The molecule has 0 spiro atoms. The zero-order valence-corrected chi connectivity index (χ0v) is 15.8. The molecule has 0 amide bonds. The van der Waals surface area contributed by atoms with Crippen molar-refractivity contribution in [2.75, 3.05) is 13.7 Å². The summed E-state index contributed by atoms with van der Waals surface area (Å²) in [4.78, 5) is 6.90. The number of nitrogens with one attached hydrogen (secondary N) is 2. The lowest BCUT2D eigenvalue weighted by atomic mass is 10.2. The highest BCUT2D eigenvalue weighted by molar-refractivity contribution is 7.11. The molecule has 1 aromatic carbocycles. The summed E-state index contributed by atoms with van der Waals surface area (Å²) in [6.07, 6.45) is 0. The van der Waals surface area contributed by atoms with E-state index in [0.717, 1.165) is 0 Å². The first-order chi connectivity index (χ1) is 12.5. The lowest BCUT2D eigenvalue weighted by Crippen LogP contribution is -2.36. The molecular weight excluding hydrogens is 360 g/mol. The molecule has 0 fully saturated rings. The van der Waals surface area contributed by atoms with Gasteiger partial charge >= 0.3 is 6.61 Å². The number of methoxy groups -OCH3 is 1. The molecule has 142 valence electrons. The van der Waals surface area contributed by atoms with Crippen LogP contribution in [0.5, 0.6) is 11.5 Å². The van der Waals surface area contributed by atoms with Crippen molar-refractivity contribution in [2.45, 2.75) is 33.5 Å². The van der Waals surface area contributed by atoms with Crippen LogP contribution in [0.3, 0.4) is 0 Å². The Labute approximate surface area is 156 Å². The van der Waals surface area contributed by atoms with Crippen LogP contribution in [0.1, 0.15) is 22.2 Å². The van der Waals surface area contributed by atoms with Gasteiger partial charge in [-0.1, -0.05) is 0 Å². The summed E-state index contributed by atoms with van der Waals surface area (Å²) in [5.74, 6) is 1.25. The minimum Gasteiger partial charge on any atom is -0.497 e. The van der Waals surface area contributed by atoms with Crippen molar-refractivity contribution in [3.8, 4) is 11.5 Å². The Balaban J connectivity index is 2.11. The molecule has 8 heteroatoms. The van der Waals surface area contributed by atoms with E-state index in [-0.39, 0.29) is 12.3 Å². The fourth-order valence-corrected chi connectivity index (χ4v) is 3.10. The van der Waals surface area contributed by atoms with Gasteiger partial charge in [0.1, 0.15) is 11.5 Å². The van der Waals surface area contributed by atoms with Gasteiger partial charge in [-0.2, -0.15) is 8.78 Å². The fraction of sp³-hybridized carbons (Fsp3) is 0.389. The molecule has 2 rings (SSSR count). The predicted octanol–water partition coefficient (Wildman–Crippen LogP) is 3.92. The van der Waals surface area contributed by atoms with Crippen molar-refractivity contribution in [3.63, 3.8) is 0 Å². The van der Waals surface area contributed by atoms with Gasteiger partial charge in [0.15, 0.2) is 5.96 Å². The Morgan fingerprint density at radius 3 is 2.65 bits per heavy atom. The van der Waals surface area contributed by atoms with Crippen LogP contribution in [0.4, 0.5) is 8.78 Å². The van der Waals surface area contributed by atoms with E-state index in [2.05, 4.69) is 39.4 Å². The van der Waals surface area contributed by atoms with E-state index in [1.54, 1.807) is 23.5 Å². The van der Waals surface area contributed by atoms with Crippen molar-refractivity contribution < 1.29 is 18.3 Å². The quantitative estimate of drug-likeness (QED) is 0.536. The minimum absolute atomic E-state index is 0.0919. The predicted molar refractivity (Wildman–Crippen MR) is 100 cm³/mol. The Kier molecular flexibility index (Phi) is 7.65. The minimum atomic E-state index is -2.89. The Morgan fingerprint density at radius 2 is 2.04 bits per heavy atom. The zero-order valence-electron chi connectivity index (χ0n) is 15.0. The first-order valence-corrected chi connectivity index (χ1v) is 9.02. The van der Waals surface area contributed by atoms with Crippen molar-refractivity contribution in [2.24, 2.45) is 4.99 Å². The smallest absolute Gasteiger partial charge is 0.387 e. The zero-order chi connectivity index (χ0) is 18.9. The summed E-state index contributed by atoms with van der Waals surface area (Å²) in [6, 6.07) is 8.81. The monoisotopic (exact) mass is 383 g/mol. The van der Waals surface area contributed by atoms with Crippen LogP contribution < -0.4 is 20.1 Å². The van der Waals surface area contributed by atoms with E-state index < -0.39 is 6.61 Å². The summed E-state index contributed by atoms with van der Waals surface area (Å²) in [6.45, 7) is 2.64. The maximum Gasteiger partial charge on any atom is 0.387 e. The molecule has 0 unspecified atom stereocenters. The third kappa shape index (κ3) is 6.18. The van der Waals surface area contributed by atoms with Crippen LogP contribution in [0, 0.1) is 6.92 Å². The lowest BCUT2D eigenvalue weighted by molar-refractivity contribution is -0.0504. The molecule has 0 aliphatic carbocycles. The molecule has 0 radical (unpaired) electrons. The van der Waals surface area contributed by atoms with Gasteiger partial charge in [0.2, 0.25) is 0 Å². The SMILES string of the molecule is CCNC(=NCc1cc(OC)ccc1OC(F)F)NCc1ccc(C)s1. The van der Waals surface area contributed by atoms with Gasteiger partial charge in [-0.3, -0.25) is 0 Å². The third-order valence-electron chi connectivity index (χ3n) is 3.46. The highest BCUT2D eigenvalue weighted by atomic mass is 32.1. The number of ether oxygens (including phenoxy) is 2. The Morgan fingerprint density at radius 1 is 1.23 bits per heavy atom. The van der Waals surface area contributed by atoms with Crippen molar-refractivity contribution >= 4 is 17.3 Å². The van der Waals surface area contributed by atoms with Crippen LogP contribution in [-0.4, -0.2) is 26.2 Å². The van der Waals surface area contributed by atoms with Gasteiger partial charge in [0.05, 0.1) is 20.2 Å². The number of aryl methyl sites for hydroxylation is 1. The number of benzene rings is 1. The van der Waals surface area contributed by atoms with Crippen molar-refractivity contribution in [1.82, 2.24) is 10.6 Å². The van der Waals surface area contributed by atoms with E-state index >= 15 is 0 Å². The maximum absolute atomic E-state index is 12.6. The van der Waals surface area contributed by atoms with E-state index in [9.17, 15) is 8.78 Å². The number of rotatable bonds is 8. The molecule has 0 aliphatic heterocycles. The molecule has 5 nitrogen and oxygen atoms in total. The summed E-state index contributed by atoms with van der Waals surface area (Å²) in [5.41, 5.74) is 0.522. The molecule has 2 aromatic rings. The molecule has 1 heterocycles. The van der Waals surface area contributed by atoms with Crippen LogP contribution in [0.2, 0.25) is 0 Å². The van der Waals surface area contributed by atoms with Gasteiger partial charge in [-0.05, 0) is 44.2 Å². The molecule has 1 aromatic heterocycles. The van der Waals surface area contributed by atoms with E-state index in [4.69, 9.17) is 4.74 Å². The van der Waals surface area contributed by atoms with Crippen molar-refractivity contribution in [3.05, 3.63) is 45.6 Å². The van der Waals surface area contributed by atoms with E-state index in [0.29, 0.717) is 30.4 Å². The van der Waals surface area contributed by atoms with Crippen LogP contribution >= 0.6 is 11.3 Å². The molecule has 0 aliphatic rings. The number of halogens is 2. The Bertz CT molecular complexity index is 735. The number of aliphatic imine (C=N–C) groups is 1. The van der Waals surface area contributed by atoms with Crippen LogP contribution in [0.25, 0.3) is 0 Å². The number of thiophene rings is 1. The maximum atomic E-state index is 12.6. The summed E-state index contributed by atoms with van der Waals surface area (Å²) in [7, 11) is 1.52. The molecule has 0 bridgehead atoms. The summed E-state index contributed by atoms with van der Waals surface area (Å²) in [5, 5.41) is 6.38. The second-order valence-electron chi connectivity index (χ2n) is 5.41. The van der Waals surface area contributed by atoms with Gasteiger partial charge in [-0.25, -0.2) is 4.99 Å². The third-order valence-corrected chi connectivity index (χ3v) is 4.46. The van der Waals surface area contributed by atoms with Gasteiger partial charge < -0.3 is 20.1 Å². The average Bonchev–Trinajstić information content (AvgIpc) is 3.03. The normalized spacial score (nSPS) is 11.5. The van der Waals surface area contributed by atoms with E-state index in [1.807, 2.05) is 6.92 Å². The number of hydrogen-bond donors (Lipinski definition) is 2. The summed E-state index contributed by atoms with van der Waals surface area (Å²) < 4.78 is 34.9.